The van der Waals surface area contributed by atoms with Gasteiger partial charge in [-0.2, -0.15) is 30.7 Å². The molecule has 0 aromatic heterocycles. The molecule has 0 aromatic carbocycles. The molecular formula is C16H21F7O6. The monoisotopic (exact) mass is 442 g/mol. The molecule has 0 rings (SSSR count). The van der Waals surface area contributed by atoms with Crippen LogP contribution < -0.4 is 0 Å². The van der Waals surface area contributed by atoms with Gasteiger partial charge in [-0.15, -0.1) is 0 Å². The van der Waals surface area contributed by atoms with E-state index in [1.54, 1.807) is 27.7 Å². The number of rotatable bonds is 10. The van der Waals surface area contributed by atoms with E-state index in [-0.39, 0.29) is 25.0 Å². The van der Waals surface area contributed by atoms with E-state index in [1.807, 2.05) is 0 Å². The van der Waals surface area contributed by atoms with Gasteiger partial charge in [0.15, 0.2) is 0 Å². The fourth-order valence-corrected chi connectivity index (χ4v) is 1.49. The molecule has 1 atom stereocenters. The molecule has 1 unspecified atom stereocenters. The molecule has 13 heteroatoms. The van der Waals surface area contributed by atoms with Crippen LogP contribution in [0.4, 0.5) is 30.7 Å². The Balaban J connectivity index is 5.49. The van der Waals surface area contributed by atoms with E-state index in [4.69, 9.17) is 0 Å². The lowest BCUT2D eigenvalue weighted by molar-refractivity contribution is -0.348. The lowest BCUT2D eigenvalue weighted by Crippen LogP contribution is -2.57. The van der Waals surface area contributed by atoms with Crippen molar-refractivity contribution < 1.29 is 59.3 Å². The molecule has 0 bridgehead atoms. The van der Waals surface area contributed by atoms with Crippen molar-refractivity contribution in [3.8, 4) is 0 Å². The van der Waals surface area contributed by atoms with E-state index in [2.05, 4.69) is 14.2 Å². The smallest absolute Gasteiger partial charge is 0.460 e. The van der Waals surface area contributed by atoms with Gasteiger partial charge in [-0.3, -0.25) is 4.79 Å². The molecule has 29 heavy (non-hydrogen) atoms. The van der Waals surface area contributed by atoms with Gasteiger partial charge in [0.05, 0.1) is 19.6 Å². The topological polar surface area (TPSA) is 78.9 Å². The third-order valence-electron chi connectivity index (χ3n) is 3.01. The zero-order valence-electron chi connectivity index (χ0n) is 15.9. The second-order valence-electron chi connectivity index (χ2n) is 6.85. The third kappa shape index (κ3) is 7.69. The largest absolute Gasteiger partial charge is 0.465 e. The minimum Gasteiger partial charge on any atom is -0.465 e. The van der Waals surface area contributed by atoms with Crippen molar-refractivity contribution in [2.45, 2.75) is 58.2 Å². The van der Waals surface area contributed by atoms with Gasteiger partial charge in [0.2, 0.25) is 6.10 Å². The van der Waals surface area contributed by atoms with Crippen molar-refractivity contribution in [2.24, 2.45) is 11.8 Å². The fraction of sp³-hybridized carbons (Fsp3) is 0.812. The first-order chi connectivity index (χ1) is 12.9. The molecule has 0 saturated heterocycles. The molecule has 0 fully saturated rings. The second kappa shape index (κ2) is 10.1. The summed E-state index contributed by atoms with van der Waals surface area (Å²) < 4.78 is 102. The Hall–Kier alpha value is -2.08. The van der Waals surface area contributed by atoms with Crippen molar-refractivity contribution in [3.63, 3.8) is 0 Å². The van der Waals surface area contributed by atoms with Gasteiger partial charge in [-0.05, 0) is 11.8 Å². The molecule has 0 radical (unpaired) electrons. The Kier molecular flexibility index (Phi) is 9.38. The SMILES string of the molecule is CC(C)COC(=O)CC(OC(=O)C(F)(F)C(F)(F)C(F)(F)F)C(=O)OCC(C)C. The summed E-state index contributed by atoms with van der Waals surface area (Å²) in [4.78, 5) is 34.9. The van der Waals surface area contributed by atoms with E-state index in [1.165, 1.54) is 0 Å². The van der Waals surface area contributed by atoms with E-state index >= 15 is 0 Å². The summed E-state index contributed by atoms with van der Waals surface area (Å²) in [5.41, 5.74) is 0. The molecule has 0 heterocycles. The van der Waals surface area contributed by atoms with Crippen LogP contribution in [0, 0.1) is 11.8 Å². The highest BCUT2D eigenvalue weighted by atomic mass is 19.4. The van der Waals surface area contributed by atoms with Gasteiger partial charge in [0.1, 0.15) is 0 Å². The normalized spacial score (nSPS) is 14.0. The number of alkyl halides is 7. The number of carbonyl (C=O) groups is 3. The number of halogens is 7. The molecular weight excluding hydrogens is 421 g/mol. The van der Waals surface area contributed by atoms with E-state index in [9.17, 15) is 45.1 Å². The summed E-state index contributed by atoms with van der Waals surface area (Å²) in [6.07, 6.45) is -10.5. The summed E-state index contributed by atoms with van der Waals surface area (Å²) >= 11 is 0. The summed E-state index contributed by atoms with van der Waals surface area (Å²) in [5.74, 6) is -19.8. The van der Waals surface area contributed by atoms with Crippen LogP contribution in [0.1, 0.15) is 34.1 Å². The number of esters is 3. The number of hydrogen-bond acceptors (Lipinski definition) is 6. The second-order valence-corrected chi connectivity index (χ2v) is 6.85. The average Bonchev–Trinajstić information content (AvgIpc) is 2.55. The highest BCUT2D eigenvalue weighted by Crippen LogP contribution is 2.47. The van der Waals surface area contributed by atoms with Crippen LogP contribution in [-0.4, -0.2) is 55.2 Å². The van der Waals surface area contributed by atoms with Crippen molar-refractivity contribution in [1.82, 2.24) is 0 Å². The van der Waals surface area contributed by atoms with Crippen molar-refractivity contribution in [2.75, 3.05) is 13.2 Å². The van der Waals surface area contributed by atoms with Crippen molar-refractivity contribution >= 4 is 17.9 Å². The van der Waals surface area contributed by atoms with E-state index in [0.29, 0.717) is 0 Å². The van der Waals surface area contributed by atoms with Gasteiger partial charge < -0.3 is 14.2 Å². The predicted molar refractivity (Wildman–Crippen MR) is 82.0 cm³/mol. The Morgan fingerprint density at radius 2 is 1.24 bits per heavy atom. The highest BCUT2D eigenvalue weighted by molar-refractivity contribution is 5.86. The summed E-state index contributed by atoms with van der Waals surface area (Å²) in [6.45, 7) is 5.86. The molecule has 0 amide bonds. The molecule has 6 nitrogen and oxygen atoms in total. The molecule has 0 aliphatic heterocycles. The summed E-state index contributed by atoms with van der Waals surface area (Å²) in [5, 5.41) is 0. The first-order valence-corrected chi connectivity index (χ1v) is 8.29. The Bertz CT molecular complexity index is 587. The number of ether oxygens (including phenoxy) is 3. The fourth-order valence-electron chi connectivity index (χ4n) is 1.49. The van der Waals surface area contributed by atoms with Gasteiger partial charge >= 0.3 is 35.9 Å². The maximum atomic E-state index is 13.4. The van der Waals surface area contributed by atoms with Crippen LogP contribution in [0.25, 0.3) is 0 Å². The lowest BCUT2D eigenvalue weighted by Gasteiger charge is -2.27. The predicted octanol–water partition coefficient (Wildman–Crippen LogP) is 3.52. The molecule has 0 spiro atoms. The van der Waals surface area contributed by atoms with Gasteiger partial charge in [-0.25, -0.2) is 9.59 Å². The van der Waals surface area contributed by atoms with E-state index in [0.717, 1.165) is 0 Å². The zero-order valence-corrected chi connectivity index (χ0v) is 15.9. The van der Waals surface area contributed by atoms with Crippen LogP contribution in [0.5, 0.6) is 0 Å². The molecule has 0 N–H and O–H groups in total. The number of carbonyl (C=O) groups excluding carboxylic acids is 3. The minimum absolute atomic E-state index is 0.178. The van der Waals surface area contributed by atoms with Gasteiger partial charge in [0.25, 0.3) is 0 Å². The Morgan fingerprint density at radius 1 is 0.793 bits per heavy atom. The molecule has 170 valence electrons. The maximum absolute atomic E-state index is 13.4. The summed E-state index contributed by atoms with van der Waals surface area (Å²) in [7, 11) is 0. The minimum atomic E-state index is -6.78. The first-order valence-electron chi connectivity index (χ1n) is 8.29. The van der Waals surface area contributed by atoms with Crippen LogP contribution in [0.3, 0.4) is 0 Å². The van der Waals surface area contributed by atoms with Crippen LogP contribution in [0.15, 0.2) is 0 Å². The number of hydrogen-bond donors (Lipinski definition) is 0. The lowest BCUT2D eigenvalue weighted by atomic mass is 10.1. The maximum Gasteiger partial charge on any atom is 0.460 e. The molecule has 0 aromatic rings. The molecule has 0 aliphatic rings. The van der Waals surface area contributed by atoms with Crippen molar-refractivity contribution in [3.05, 3.63) is 0 Å². The third-order valence-corrected chi connectivity index (χ3v) is 3.01. The molecule has 0 saturated carbocycles. The van der Waals surface area contributed by atoms with Crippen molar-refractivity contribution in [1.29, 1.82) is 0 Å². The standard InChI is InChI=1S/C16H21F7O6/c1-8(2)6-27-11(24)5-10(12(25)28-7-9(3)4)29-13(26)14(17,18)15(19,20)16(21,22)23/h8-10H,5-7H2,1-4H3. The average molecular weight is 442 g/mol. The molecule has 0 aliphatic carbocycles. The Labute approximate surface area is 161 Å². The van der Waals surface area contributed by atoms with Gasteiger partial charge in [0, 0.05) is 0 Å². The summed E-state index contributed by atoms with van der Waals surface area (Å²) in [6, 6.07) is 0. The van der Waals surface area contributed by atoms with Crippen LogP contribution >= 0.6 is 0 Å². The quantitative estimate of drug-likeness (QED) is 0.293. The van der Waals surface area contributed by atoms with Crippen LogP contribution in [-0.2, 0) is 28.6 Å². The highest BCUT2D eigenvalue weighted by Gasteiger charge is 2.77. The Morgan fingerprint density at radius 3 is 1.66 bits per heavy atom. The van der Waals surface area contributed by atoms with E-state index < -0.39 is 48.5 Å². The zero-order chi connectivity index (χ0) is 23.2. The van der Waals surface area contributed by atoms with Gasteiger partial charge in [-0.1, -0.05) is 27.7 Å². The first kappa shape index (κ1) is 26.9. The van der Waals surface area contributed by atoms with Crippen LogP contribution in [0.2, 0.25) is 0 Å².